The minimum atomic E-state index is -3.17. The van der Waals surface area contributed by atoms with E-state index in [9.17, 15) is 0 Å². The van der Waals surface area contributed by atoms with Crippen LogP contribution in [0, 0.1) is 0 Å². The van der Waals surface area contributed by atoms with Gasteiger partial charge in [-0.3, -0.25) is 4.40 Å². The van der Waals surface area contributed by atoms with Gasteiger partial charge in [0.2, 0.25) is 0 Å². The summed E-state index contributed by atoms with van der Waals surface area (Å²) >= 11 is 0. The van der Waals surface area contributed by atoms with Crippen molar-refractivity contribution in [2.24, 2.45) is 0 Å². The molecule has 0 atom stereocenters. The zero-order valence-corrected chi connectivity index (χ0v) is 27.4. The average Bonchev–Trinajstić information content (AvgIpc) is 3.57. The number of nitrogens with zero attached hydrogens (tertiary/aromatic N) is 2. The summed E-state index contributed by atoms with van der Waals surface area (Å²) in [6.45, 7) is 0. The molecule has 0 bridgehead atoms. The third-order valence-electron chi connectivity index (χ3n) is 10.0. The molecule has 0 aliphatic carbocycles. The number of rotatable bonds is 4. The van der Waals surface area contributed by atoms with Crippen molar-refractivity contribution >= 4 is 83.0 Å². The van der Waals surface area contributed by atoms with Crippen molar-refractivity contribution < 1.29 is 4.57 Å². The Kier molecular flexibility index (Phi) is 6.15. The Balaban J connectivity index is 1.22. The van der Waals surface area contributed by atoms with E-state index in [1.165, 1.54) is 21.7 Å². The van der Waals surface area contributed by atoms with Gasteiger partial charge in [-0.05, 0) is 56.9 Å². The molecule has 230 valence electrons. The Hall–Kier alpha value is -6.02. The normalized spacial score (nSPS) is 12.2. The molecule has 0 N–H and O–H groups in total. The number of para-hydroxylation sites is 2. The van der Waals surface area contributed by atoms with Crippen LogP contribution in [0.5, 0.6) is 0 Å². The zero-order valence-electron chi connectivity index (χ0n) is 26.5. The Bertz CT molecular complexity index is 2920. The molecule has 0 aliphatic rings. The van der Waals surface area contributed by atoms with Crippen molar-refractivity contribution in [1.29, 1.82) is 0 Å². The predicted molar refractivity (Wildman–Crippen MR) is 208 cm³/mol. The Morgan fingerprint density at radius 1 is 0.469 bits per heavy atom. The third kappa shape index (κ3) is 4.10. The SMILES string of the molecule is O=P(c1ccccc1)(c1ccccc1)c1ccc(-c2ccc3c(ccc4c5ccccc5c5nc6ccccc6n5c34)c2)c2ccccc12. The molecule has 49 heavy (non-hydrogen) atoms. The highest BCUT2D eigenvalue weighted by molar-refractivity contribution is 7.85. The lowest BCUT2D eigenvalue weighted by Crippen LogP contribution is -2.25. The van der Waals surface area contributed by atoms with E-state index in [0.717, 1.165) is 65.3 Å². The van der Waals surface area contributed by atoms with Gasteiger partial charge < -0.3 is 4.57 Å². The van der Waals surface area contributed by atoms with Crippen LogP contribution >= 0.6 is 7.14 Å². The summed E-state index contributed by atoms with van der Waals surface area (Å²) in [4.78, 5) is 5.11. The molecule has 0 aliphatic heterocycles. The summed E-state index contributed by atoms with van der Waals surface area (Å²) in [5, 5.41) is 10.5. The van der Waals surface area contributed by atoms with Gasteiger partial charge in [-0.25, -0.2) is 4.98 Å². The first-order chi connectivity index (χ1) is 24.2. The van der Waals surface area contributed by atoms with E-state index in [2.05, 4.69) is 114 Å². The fourth-order valence-electron chi connectivity index (χ4n) is 7.80. The van der Waals surface area contributed by atoms with Crippen LogP contribution < -0.4 is 15.9 Å². The number of pyridine rings is 1. The molecule has 4 heteroatoms. The average molecular weight is 645 g/mol. The van der Waals surface area contributed by atoms with Crippen molar-refractivity contribution in [1.82, 2.24) is 9.38 Å². The van der Waals surface area contributed by atoms with Crippen molar-refractivity contribution in [3.05, 3.63) is 176 Å². The maximum Gasteiger partial charge on any atom is 0.171 e. The maximum atomic E-state index is 15.4. The molecule has 2 aromatic heterocycles. The van der Waals surface area contributed by atoms with Crippen molar-refractivity contribution in [3.63, 3.8) is 0 Å². The minimum Gasteiger partial charge on any atom is -0.309 e. The molecule has 10 aromatic rings. The molecule has 0 radical (unpaired) electrons. The van der Waals surface area contributed by atoms with Crippen molar-refractivity contribution in [2.75, 3.05) is 0 Å². The summed E-state index contributed by atoms with van der Waals surface area (Å²) in [5.41, 5.74) is 6.47. The largest absolute Gasteiger partial charge is 0.309 e. The van der Waals surface area contributed by atoms with E-state index >= 15 is 4.57 Å². The lowest BCUT2D eigenvalue weighted by atomic mass is 9.94. The lowest BCUT2D eigenvalue weighted by molar-refractivity contribution is 0.592. The smallest absolute Gasteiger partial charge is 0.171 e. The molecular weight excluding hydrogens is 615 g/mol. The van der Waals surface area contributed by atoms with Crippen molar-refractivity contribution in [2.45, 2.75) is 0 Å². The van der Waals surface area contributed by atoms with Gasteiger partial charge in [0, 0.05) is 32.1 Å². The van der Waals surface area contributed by atoms with Crippen molar-refractivity contribution in [3.8, 4) is 11.1 Å². The van der Waals surface area contributed by atoms with Crippen LogP contribution in [0.1, 0.15) is 0 Å². The van der Waals surface area contributed by atoms with Crippen LogP contribution in [0.4, 0.5) is 0 Å². The van der Waals surface area contributed by atoms with Gasteiger partial charge in [-0.1, -0.05) is 152 Å². The molecule has 8 aromatic carbocycles. The molecule has 2 heterocycles. The summed E-state index contributed by atoms with van der Waals surface area (Å²) in [6.07, 6.45) is 0. The van der Waals surface area contributed by atoms with E-state index in [1.54, 1.807) is 0 Å². The number of fused-ring (bicyclic) bond motifs is 11. The second-order valence-electron chi connectivity index (χ2n) is 12.7. The van der Waals surface area contributed by atoms with Gasteiger partial charge in [-0.2, -0.15) is 0 Å². The lowest BCUT2D eigenvalue weighted by Gasteiger charge is -2.23. The second-order valence-corrected chi connectivity index (χ2v) is 15.4. The number of hydrogen-bond donors (Lipinski definition) is 0. The molecule has 0 spiro atoms. The Morgan fingerprint density at radius 3 is 1.84 bits per heavy atom. The predicted octanol–water partition coefficient (Wildman–Crippen LogP) is 10.4. The summed E-state index contributed by atoms with van der Waals surface area (Å²) in [6, 6.07) is 60.8. The zero-order chi connectivity index (χ0) is 32.5. The van der Waals surface area contributed by atoms with Gasteiger partial charge in [0.25, 0.3) is 0 Å². The fourth-order valence-corrected chi connectivity index (χ4v) is 10.7. The standard InChI is InChI=1S/C45H29N2OP/c48-49(32-13-3-1-4-14-32,33-15-5-2-6-16-33)43-28-27-34(36-17-7-9-19-38(36)43)30-23-25-35-31(29-30)24-26-39-37-18-8-10-20-40(37)45-46-41-21-11-12-22-42(41)47(45)44(35)39/h1-29H. The first-order valence-corrected chi connectivity index (χ1v) is 18.3. The van der Waals surface area contributed by atoms with E-state index in [-0.39, 0.29) is 0 Å². The molecule has 0 fully saturated rings. The van der Waals surface area contributed by atoms with E-state index < -0.39 is 7.14 Å². The fraction of sp³-hybridized carbons (Fsp3) is 0. The Labute approximate surface area is 283 Å². The summed E-state index contributed by atoms with van der Waals surface area (Å²) < 4.78 is 17.8. The Morgan fingerprint density at radius 2 is 1.08 bits per heavy atom. The number of imidazole rings is 1. The summed E-state index contributed by atoms with van der Waals surface area (Å²) in [5.74, 6) is 0. The quantitative estimate of drug-likeness (QED) is 0.141. The van der Waals surface area contributed by atoms with Gasteiger partial charge in [-0.15, -0.1) is 0 Å². The first kappa shape index (κ1) is 28.0. The van der Waals surface area contributed by atoms with Crippen LogP contribution in [-0.2, 0) is 4.57 Å². The molecule has 10 rings (SSSR count). The van der Waals surface area contributed by atoms with Gasteiger partial charge in [0.15, 0.2) is 7.14 Å². The van der Waals surface area contributed by atoms with Crippen LogP contribution in [0.25, 0.3) is 71.0 Å². The third-order valence-corrected chi connectivity index (χ3v) is 13.1. The van der Waals surface area contributed by atoms with E-state index in [0.29, 0.717) is 0 Å². The number of aromatic nitrogens is 2. The highest BCUT2D eigenvalue weighted by atomic mass is 31.2. The van der Waals surface area contributed by atoms with Crippen LogP contribution in [0.3, 0.4) is 0 Å². The van der Waals surface area contributed by atoms with E-state index in [1.807, 2.05) is 66.7 Å². The number of hydrogen-bond acceptors (Lipinski definition) is 2. The van der Waals surface area contributed by atoms with Gasteiger partial charge in [0.05, 0.1) is 16.6 Å². The number of benzene rings is 8. The first-order valence-electron chi connectivity index (χ1n) is 16.6. The molecule has 3 nitrogen and oxygen atoms in total. The summed E-state index contributed by atoms with van der Waals surface area (Å²) in [7, 11) is -3.17. The van der Waals surface area contributed by atoms with Crippen LogP contribution in [0.15, 0.2) is 176 Å². The van der Waals surface area contributed by atoms with E-state index in [4.69, 9.17) is 4.98 Å². The molecule has 0 unspecified atom stereocenters. The van der Waals surface area contributed by atoms with Crippen LogP contribution in [0.2, 0.25) is 0 Å². The molecular formula is C45H29N2OP. The monoisotopic (exact) mass is 644 g/mol. The molecule has 0 amide bonds. The van der Waals surface area contributed by atoms with Crippen LogP contribution in [-0.4, -0.2) is 9.38 Å². The minimum absolute atomic E-state index is 0.836. The second kappa shape index (κ2) is 10.8. The highest BCUT2D eigenvalue weighted by Crippen LogP contribution is 2.46. The maximum absolute atomic E-state index is 15.4. The highest BCUT2D eigenvalue weighted by Gasteiger charge is 2.31. The van der Waals surface area contributed by atoms with Gasteiger partial charge in [0.1, 0.15) is 5.65 Å². The molecule has 0 saturated heterocycles. The molecule has 0 saturated carbocycles. The van der Waals surface area contributed by atoms with Gasteiger partial charge >= 0.3 is 0 Å². The topological polar surface area (TPSA) is 34.4 Å².